The third kappa shape index (κ3) is 5.24. The molecule has 0 bridgehead atoms. The first-order valence-corrected chi connectivity index (χ1v) is 11.2. The Bertz CT molecular complexity index is 1080. The van der Waals surface area contributed by atoms with E-state index in [0.29, 0.717) is 43.3 Å². The van der Waals surface area contributed by atoms with Crippen LogP contribution >= 0.6 is 0 Å². The van der Waals surface area contributed by atoms with Crippen molar-refractivity contribution in [3.05, 3.63) is 59.7 Å². The molecule has 0 radical (unpaired) electrons. The normalized spacial score (nSPS) is 15.4. The number of hydrogen-bond donors (Lipinski definition) is 1. The molecule has 2 aromatic heterocycles. The maximum absolute atomic E-state index is 14.4. The first kappa shape index (κ1) is 23.0. The van der Waals surface area contributed by atoms with E-state index in [1.807, 2.05) is 11.8 Å². The standard InChI is InChI=1S/C24H27F2N5O2/c1-16-18-15-29-24(23-27-8-6-9-28-23)30-20(18)7-10-31(16)17-13-19(25)22(26)21(14-17)33-12-5-3-2-4-11-32/h6,8-9,13-16,32H,2-5,7,10-12H2,1H3/t16-/m0/s1. The van der Waals surface area contributed by atoms with Crippen molar-refractivity contribution >= 4 is 5.69 Å². The van der Waals surface area contributed by atoms with E-state index >= 15 is 0 Å². The highest BCUT2D eigenvalue weighted by Gasteiger charge is 2.28. The summed E-state index contributed by atoms with van der Waals surface area (Å²) < 4.78 is 34.3. The summed E-state index contributed by atoms with van der Waals surface area (Å²) in [5.74, 6) is -1.06. The number of fused-ring (bicyclic) bond motifs is 1. The van der Waals surface area contributed by atoms with Crippen LogP contribution < -0.4 is 9.64 Å². The van der Waals surface area contributed by atoms with Crippen LogP contribution in [0.2, 0.25) is 0 Å². The van der Waals surface area contributed by atoms with Crippen LogP contribution in [0.1, 0.15) is 49.9 Å². The molecule has 0 aliphatic carbocycles. The van der Waals surface area contributed by atoms with E-state index < -0.39 is 11.6 Å². The molecule has 1 aliphatic heterocycles. The molecule has 3 heterocycles. The van der Waals surface area contributed by atoms with Gasteiger partial charge in [-0.2, -0.15) is 4.39 Å². The Morgan fingerprint density at radius 3 is 2.64 bits per heavy atom. The van der Waals surface area contributed by atoms with Crippen LogP contribution in [0.4, 0.5) is 14.5 Å². The maximum atomic E-state index is 14.4. The molecule has 3 aromatic rings. The van der Waals surface area contributed by atoms with Crippen molar-refractivity contribution in [2.75, 3.05) is 24.7 Å². The lowest BCUT2D eigenvalue weighted by Crippen LogP contribution is -2.35. The zero-order valence-electron chi connectivity index (χ0n) is 18.5. The van der Waals surface area contributed by atoms with Crippen LogP contribution in [0.3, 0.4) is 0 Å². The Labute approximate surface area is 191 Å². The number of aromatic nitrogens is 4. The van der Waals surface area contributed by atoms with Gasteiger partial charge >= 0.3 is 0 Å². The molecule has 0 saturated heterocycles. The minimum Gasteiger partial charge on any atom is -0.490 e. The molecule has 1 aliphatic rings. The second kappa shape index (κ2) is 10.6. The summed E-state index contributed by atoms with van der Waals surface area (Å²) in [6, 6.07) is 4.37. The van der Waals surface area contributed by atoms with E-state index in [-0.39, 0.29) is 18.4 Å². The summed E-state index contributed by atoms with van der Waals surface area (Å²) in [4.78, 5) is 19.5. The van der Waals surface area contributed by atoms with Gasteiger partial charge in [0.25, 0.3) is 0 Å². The van der Waals surface area contributed by atoms with Crippen molar-refractivity contribution in [3.8, 4) is 17.4 Å². The van der Waals surface area contributed by atoms with Crippen molar-refractivity contribution in [1.82, 2.24) is 19.9 Å². The van der Waals surface area contributed by atoms with E-state index in [0.717, 1.165) is 30.5 Å². The van der Waals surface area contributed by atoms with Gasteiger partial charge in [-0.05, 0) is 32.3 Å². The monoisotopic (exact) mass is 455 g/mol. The van der Waals surface area contributed by atoms with E-state index in [2.05, 4.69) is 19.9 Å². The molecule has 1 aromatic carbocycles. The third-order valence-corrected chi connectivity index (χ3v) is 5.79. The van der Waals surface area contributed by atoms with Crippen LogP contribution in [-0.2, 0) is 6.42 Å². The second-order valence-electron chi connectivity index (χ2n) is 8.01. The lowest BCUT2D eigenvalue weighted by molar-refractivity contribution is 0.268. The molecule has 0 unspecified atom stereocenters. The number of hydrogen-bond acceptors (Lipinski definition) is 7. The van der Waals surface area contributed by atoms with Gasteiger partial charge in [0.05, 0.1) is 18.3 Å². The van der Waals surface area contributed by atoms with Crippen LogP contribution in [0, 0.1) is 11.6 Å². The molecule has 0 saturated carbocycles. The molecule has 4 rings (SSSR count). The third-order valence-electron chi connectivity index (χ3n) is 5.79. The molecule has 0 fully saturated rings. The van der Waals surface area contributed by atoms with E-state index in [1.165, 1.54) is 6.07 Å². The molecular weight excluding hydrogens is 428 g/mol. The van der Waals surface area contributed by atoms with Crippen molar-refractivity contribution in [3.63, 3.8) is 0 Å². The number of nitrogens with zero attached hydrogens (tertiary/aromatic N) is 5. The SMILES string of the molecule is C[C@H]1c2cnc(-c3ncccn3)nc2CCN1c1cc(F)c(F)c(OCCCCCCO)c1. The van der Waals surface area contributed by atoms with Gasteiger partial charge < -0.3 is 14.7 Å². The largest absolute Gasteiger partial charge is 0.490 e. The lowest BCUT2D eigenvalue weighted by Gasteiger charge is -2.36. The molecule has 9 heteroatoms. The number of aliphatic hydroxyl groups is 1. The minimum atomic E-state index is -0.977. The molecule has 174 valence electrons. The quantitative estimate of drug-likeness (QED) is 0.483. The van der Waals surface area contributed by atoms with Crippen molar-refractivity contribution in [2.45, 2.75) is 45.1 Å². The summed E-state index contributed by atoms with van der Waals surface area (Å²) >= 11 is 0. The number of ether oxygens (including phenoxy) is 1. The fourth-order valence-electron chi connectivity index (χ4n) is 4.01. The molecule has 33 heavy (non-hydrogen) atoms. The molecule has 1 N–H and O–H groups in total. The van der Waals surface area contributed by atoms with Gasteiger partial charge in [0, 0.05) is 61.5 Å². The van der Waals surface area contributed by atoms with Gasteiger partial charge in [-0.15, -0.1) is 0 Å². The smallest absolute Gasteiger partial charge is 0.200 e. The summed E-state index contributed by atoms with van der Waals surface area (Å²) in [5.41, 5.74) is 2.38. The van der Waals surface area contributed by atoms with Gasteiger partial charge in [-0.3, -0.25) is 0 Å². The fraction of sp³-hybridized carbons (Fsp3) is 0.417. The Balaban J connectivity index is 1.50. The number of unbranched alkanes of at least 4 members (excludes halogenated alkanes) is 3. The van der Waals surface area contributed by atoms with Gasteiger partial charge in [0.1, 0.15) is 0 Å². The van der Waals surface area contributed by atoms with E-state index in [1.54, 1.807) is 30.7 Å². The first-order chi connectivity index (χ1) is 16.1. The summed E-state index contributed by atoms with van der Waals surface area (Å²) in [6.07, 6.45) is 8.86. The van der Waals surface area contributed by atoms with Gasteiger partial charge in [0.2, 0.25) is 5.82 Å². The Morgan fingerprint density at radius 1 is 1.06 bits per heavy atom. The number of benzene rings is 1. The fourth-order valence-corrected chi connectivity index (χ4v) is 4.01. The van der Waals surface area contributed by atoms with Crippen molar-refractivity contribution in [1.29, 1.82) is 0 Å². The molecule has 0 spiro atoms. The Kier molecular flexibility index (Phi) is 7.39. The average Bonchev–Trinajstić information content (AvgIpc) is 2.84. The van der Waals surface area contributed by atoms with E-state index in [4.69, 9.17) is 9.84 Å². The minimum absolute atomic E-state index is 0.0852. The second-order valence-corrected chi connectivity index (χ2v) is 8.01. The molecular formula is C24H27F2N5O2. The summed E-state index contributed by atoms with van der Waals surface area (Å²) in [6.45, 7) is 3.03. The summed E-state index contributed by atoms with van der Waals surface area (Å²) in [5, 5.41) is 8.83. The number of aliphatic hydroxyl groups excluding tert-OH is 1. The zero-order valence-corrected chi connectivity index (χ0v) is 18.5. The van der Waals surface area contributed by atoms with Gasteiger partial charge in [0.15, 0.2) is 23.2 Å². The summed E-state index contributed by atoms with van der Waals surface area (Å²) in [7, 11) is 0. The molecule has 7 nitrogen and oxygen atoms in total. The Morgan fingerprint density at radius 2 is 1.85 bits per heavy atom. The van der Waals surface area contributed by atoms with Crippen molar-refractivity contribution < 1.29 is 18.6 Å². The maximum Gasteiger partial charge on any atom is 0.200 e. The molecule has 0 amide bonds. The highest BCUT2D eigenvalue weighted by atomic mass is 19.2. The number of anilines is 1. The van der Waals surface area contributed by atoms with Crippen molar-refractivity contribution in [2.24, 2.45) is 0 Å². The Hall–Kier alpha value is -3.20. The lowest BCUT2D eigenvalue weighted by atomic mass is 9.98. The predicted octanol–water partition coefficient (Wildman–Crippen LogP) is 4.27. The van der Waals surface area contributed by atoms with Crippen LogP contribution in [-0.4, -0.2) is 44.8 Å². The van der Waals surface area contributed by atoms with E-state index in [9.17, 15) is 8.78 Å². The predicted molar refractivity (Wildman–Crippen MR) is 120 cm³/mol. The average molecular weight is 456 g/mol. The molecule has 1 atom stereocenters. The number of rotatable bonds is 9. The number of halogens is 2. The van der Waals surface area contributed by atoms with Gasteiger partial charge in [-0.25, -0.2) is 24.3 Å². The zero-order chi connectivity index (χ0) is 23.2. The van der Waals surface area contributed by atoms with Crippen LogP contribution in [0.5, 0.6) is 5.75 Å². The highest BCUT2D eigenvalue weighted by Crippen LogP contribution is 2.36. The topological polar surface area (TPSA) is 84.3 Å². The van der Waals surface area contributed by atoms with Gasteiger partial charge in [-0.1, -0.05) is 6.42 Å². The van der Waals surface area contributed by atoms with Crippen LogP contribution in [0.15, 0.2) is 36.8 Å². The first-order valence-electron chi connectivity index (χ1n) is 11.2. The van der Waals surface area contributed by atoms with Crippen LogP contribution in [0.25, 0.3) is 11.6 Å². The highest BCUT2D eigenvalue weighted by molar-refractivity contribution is 5.55.